The Bertz CT molecular complexity index is 1290. The highest BCUT2D eigenvalue weighted by atomic mass is 32.2. The number of aromatic amines is 1. The van der Waals surface area contributed by atoms with Crippen LogP contribution >= 0.6 is 34.9 Å². The number of benzene rings is 2. The van der Waals surface area contributed by atoms with Gasteiger partial charge in [0.25, 0.3) is 11.5 Å². The summed E-state index contributed by atoms with van der Waals surface area (Å²) in [4.78, 5) is 24.3. The first-order chi connectivity index (χ1) is 15.5. The van der Waals surface area contributed by atoms with E-state index in [0.29, 0.717) is 11.4 Å². The summed E-state index contributed by atoms with van der Waals surface area (Å²) in [5.41, 5.74) is 7.36. The molecule has 8 nitrogen and oxygen atoms in total. The second kappa shape index (κ2) is 10.4. The van der Waals surface area contributed by atoms with E-state index in [1.807, 2.05) is 61.5 Å². The van der Waals surface area contributed by atoms with Crippen LogP contribution in [0.2, 0.25) is 0 Å². The summed E-state index contributed by atoms with van der Waals surface area (Å²) in [7, 11) is 0. The van der Waals surface area contributed by atoms with Crippen molar-refractivity contribution in [3.8, 4) is 0 Å². The molecule has 32 heavy (non-hydrogen) atoms. The van der Waals surface area contributed by atoms with Gasteiger partial charge in [-0.3, -0.25) is 10.1 Å². The van der Waals surface area contributed by atoms with Crippen molar-refractivity contribution in [3.63, 3.8) is 0 Å². The summed E-state index contributed by atoms with van der Waals surface area (Å²) in [5, 5.41) is 12.1. The fourth-order valence-electron chi connectivity index (χ4n) is 2.69. The minimum Gasteiger partial charge on any atom is -0.322 e. The van der Waals surface area contributed by atoms with E-state index in [0.717, 1.165) is 24.8 Å². The molecule has 0 amide bonds. The Balaban J connectivity index is 1.48. The maximum absolute atomic E-state index is 12.1. The molecule has 2 heterocycles. The molecule has 0 fully saturated rings. The van der Waals surface area contributed by atoms with Crippen LogP contribution in [-0.2, 0) is 5.75 Å². The van der Waals surface area contributed by atoms with Gasteiger partial charge in [0, 0.05) is 15.9 Å². The predicted molar refractivity (Wildman–Crippen MR) is 130 cm³/mol. The van der Waals surface area contributed by atoms with Crippen LogP contribution in [0.1, 0.15) is 10.7 Å². The summed E-state index contributed by atoms with van der Waals surface area (Å²) < 4.78 is 0.833. The molecule has 0 aliphatic carbocycles. The number of aryl methyl sites for hydroxylation is 1. The van der Waals surface area contributed by atoms with Gasteiger partial charge in [0.2, 0.25) is 0 Å². The predicted octanol–water partition coefficient (Wildman–Crippen LogP) is 2.51. The SMILES string of the molecule is Cc1nnc(SCc2cc(=O)[nH]c([NH+]=C(N)Nc3ccccc3Sc3ccccc3)n2)s1. The molecule has 4 rings (SSSR count). The van der Waals surface area contributed by atoms with Gasteiger partial charge in [0.15, 0.2) is 4.34 Å². The Labute approximate surface area is 196 Å². The van der Waals surface area contributed by atoms with Crippen molar-refractivity contribution < 1.29 is 4.99 Å². The number of nitrogens with two attached hydrogens (primary N) is 1. The van der Waals surface area contributed by atoms with Gasteiger partial charge in [-0.2, -0.15) is 0 Å². The van der Waals surface area contributed by atoms with Gasteiger partial charge in [-0.25, -0.2) is 9.98 Å². The monoisotopic (exact) mass is 482 g/mol. The van der Waals surface area contributed by atoms with Crippen molar-refractivity contribution in [1.82, 2.24) is 20.2 Å². The lowest BCUT2D eigenvalue weighted by Crippen LogP contribution is -2.73. The first-order valence-electron chi connectivity index (χ1n) is 9.57. The van der Waals surface area contributed by atoms with Gasteiger partial charge >= 0.3 is 5.95 Å². The minimum absolute atomic E-state index is 0.249. The third-order valence-electron chi connectivity index (χ3n) is 4.03. The normalized spacial score (nSPS) is 11.5. The Hall–Kier alpha value is -3.15. The zero-order chi connectivity index (χ0) is 22.3. The molecule has 0 unspecified atom stereocenters. The molecule has 2 aromatic carbocycles. The van der Waals surface area contributed by atoms with Gasteiger partial charge in [-0.05, 0) is 31.2 Å². The van der Waals surface area contributed by atoms with Crippen LogP contribution in [0.4, 0.5) is 11.6 Å². The Morgan fingerprint density at radius 1 is 1.16 bits per heavy atom. The number of H-pyrrole nitrogens is 1. The third-order valence-corrected chi connectivity index (χ3v) is 7.12. The number of para-hydroxylation sites is 1. The van der Waals surface area contributed by atoms with Gasteiger partial charge in [-0.15, -0.1) is 15.2 Å². The quantitative estimate of drug-likeness (QED) is 0.180. The van der Waals surface area contributed by atoms with Gasteiger partial charge in [-0.1, -0.05) is 65.2 Å². The van der Waals surface area contributed by atoms with Crippen molar-refractivity contribution in [2.45, 2.75) is 26.8 Å². The minimum atomic E-state index is -0.264. The number of rotatable bonds is 7. The molecule has 0 radical (unpaired) electrons. The maximum atomic E-state index is 12.1. The number of hydrogen-bond donors (Lipinski definition) is 4. The van der Waals surface area contributed by atoms with Crippen molar-refractivity contribution in [1.29, 1.82) is 0 Å². The maximum Gasteiger partial charge on any atom is 0.325 e. The zero-order valence-corrected chi connectivity index (χ0v) is 19.5. The number of guanidine groups is 1. The summed E-state index contributed by atoms with van der Waals surface area (Å²) in [6, 6.07) is 19.4. The average molecular weight is 483 g/mol. The van der Waals surface area contributed by atoms with E-state index in [9.17, 15) is 4.79 Å². The molecule has 0 saturated carbocycles. The highest BCUT2D eigenvalue weighted by Gasteiger charge is 2.11. The van der Waals surface area contributed by atoms with Gasteiger partial charge in [0.05, 0.1) is 11.4 Å². The molecule has 5 N–H and O–H groups in total. The molecule has 162 valence electrons. The lowest BCUT2D eigenvalue weighted by molar-refractivity contribution is -0.365. The lowest BCUT2D eigenvalue weighted by Gasteiger charge is -2.08. The molecule has 0 aliphatic rings. The van der Waals surface area contributed by atoms with Crippen LogP contribution in [0.5, 0.6) is 0 Å². The Kier molecular flexibility index (Phi) is 7.20. The van der Waals surface area contributed by atoms with Gasteiger partial charge in [0.1, 0.15) is 10.7 Å². The summed E-state index contributed by atoms with van der Waals surface area (Å²) in [5.74, 6) is 1.01. The summed E-state index contributed by atoms with van der Waals surface area (Å²) in [6.07, 6.45) is 0. The summed E-state index contributed by atoms with van der Waals surface area (Å²) >= 11 is 4.61. The topological polar surface area (TPSA) is 124 Å². The van der Waals surface area contributed by atoms with Crippen LogP contribution in [-0.4, -0.2) is 26.1 Å². The number of hydrogen-bond acceptors (Lipinski definition) is 7. The molecule has 0 saturated heterocycles. The van der Waals surface area contributed by atoms with E-state index >= 15 is 0 Å². The van der Waals surface area contributed by atoms with Crippen LogP contribution in [0.15, 0.2) is 79.6 Å². The van der Waals surface area contributed by atoms with Crippen LogP contribution < -0.4 is 21.6 Å². The zero-order valence-electron chi connectivity index (χ0n) is 17.0. The first kappa shape index (κ1) is 22.1. The number of nitrogens with zero attached hydrogens (tertiary/aromatic N) is 3. The van der Waals surface area contributed by atoms with Crippen molar-refractivity contribution >= 4 is 52.5 Å². The van der Waals surface area contributed by atoms with Gasteiger partial charge < -0.3 is 5.73 Å². The summed E-state index contributed by atoms with van der Waals surface area (Å²) in [6.45, 7) is 1.90. The number of aromatic nitrogens is 4. The average Bonchev–Trinajstić information content (AvgIpc) is 3.19. The third kappa shape index (κ3) is 6.19. The molecule has 11 heteroatoms. The van der Waals surface area contributed by atoms with E-state index in [-0.39, 0.29) is 17.5 Å². The number of thioether (sulfide) groups is 1. The molecule has 2 aromatic heterocycles. The Morgan fingerprint density at radius 3 is 2.72 bits per heavy atom. The van der Waals surface area contributed by atoms with Crippen molar-refractivity contribution in [2.24, 2.45) is 5.73 Å². The molecule has 4 aromatic rings. The van der Waals surface area contributed by atoms with Crippen molar-refractivity contribution in [2.75, 3.05) is 5.32 Å². The fourth-order valence-corrected chi connectivity index (χ4v) is 5.32. The number of anilines is 1. The second-order valence-corrected chi connectivity index (χ2v) is 10.1. The van der Waals surface area contributed by atoms with Crippen LogP contribution in [0.3, 0.4) is 0 Å². The van der Waals surface area contributed by atoms with E-state index in [2.05, 4.69) is 30.5 Å². The van der Waals surface area contributed by atoms with Crippen molar-refractivity contribution in [3.05, 3.63) is 81.7 Å². The van der Waals surface area contributed by atoms with E-state index in [1.165, 1.54) is 29.2 Å². The van der Waals surface area contributed by atoms with Crippen LogP contribution in [0.25, 0.3) is 0 Å². The number of nitrogens with one attached hydrogen (secondary N) is 3. The first-order valence-corrected chi connectivity index (χ1v) is 12.2. The smallest absolute Gasteiger partial charge is 0.322 e. The highest BCUT2D eigenvalue weighted by Crippen LogP contribution is 2.32. The Morgan fingerprint density at radius 2 is 1.94 bits per heavy atom. The standard InChI is InChI=1S/C21H19N7OS3/c1-13-27-28-21(31-13)30-12-14-11-18(29)25-20(23-14)26-19(22)24-16-9-5-6-10-17(16)32-15-7-3-2-4-8-15/h2-11H,12H2,1H3,(H4,22,23,24,25,26,29)/p+1. The molecule has 0 bridgehead atoms. The molecular formula is C21H20N7OS3+. The second-order valence-electron chi connectivity index (χ2n) is 6.54. The van der Waals surface area contributed by atoms with E-state index in [4.69, 9.17) is 5.73 Å². The fraction of sp³-hybridized carbons (Fsp3) is 0.0952. The molecule has 0 aliphatic heterocycles. The molecular weight excluding hydrogens is 462 g/mol. The molecule has 0 atom stereocenters. The lowest BCUT2D eigenvalue weighted by atomic mass is 10.3. The van der Waals surface area contributed by atoms with E-state index in [1.54, 1.807) is 11.8 Å². The molecule has 0 spiro atoms. The van der Waals surface area contributed by atoms with Crippen LogP contribution in [0, 0.1) is 6.92 Å². The van der Waals surface area contributed by atoms with E-state index < -0.39 is 0 Å². The largest absolute Gasteiger partial charge is 0.325 e. The highest BCUT2D eigenvalue weighted by molar-refractivity contribution is 8.00.